The summed E-state index contributed by atoms with van der Waals surface area (Å²) < 4.78 is 22.5. The first kappa shape index (κ1) is 11.4. The van der Waals surface area contributed by atoms with Crippen LogP contribution >= 0.6 is 0 Å². The molecular formula is C7H14N2O2S. The fourth-order valence-electron chi connectivity index (χ4n) is 0.641. The van der Waals surface area contributed by atoms with Gasteiger partial charge in [-0.3, -0.25) is 0 Å². The molecule has 0 radical (unpaired) electrons. The molecule has 0 aromatic carbocycles. The van der Waals surface area contributed by atoms with Gasteiger partial charge in [0.1, 0.15) is 5.25 Å². The van der Waals surface area contributed by atoms with Gasteiger partial charge in [-0.15, -0.1) is 0 Å². The first-order valence-corrected chi connectivity index (χ1v) is 5.52. The molecule has 0 aliphatic heterocycles. The quantitative estimate of drug-likeness (QED) is 0.679. The lowest BCUT2D eigenvalue weighted by Crippen LogP contribution is -2.32. The number of nitrogens with zero attached hydrogens (tertiary/aromatic N) is 1. The molecule has 0 fully saturated rings. The van der Waals surface area contributed by atoms with Crippen LogP contribution in [0.25, 0.3) is 0 Å². The molecule has 0 rings (SSSR count). The zero-order valence-corrected chi connectivity index (χ0v) is 8.13. The lowest BCUT2D eigenvalue weighted by Gasteiger charge is -2.10. The van der Waals surface area contributed by atoms with Crippen molar-refractivity contribution in [3.63, 3.8) is 0 Å². The van der Waals surface area contributed by atoms with Crippen molar-refractivity contribution in [2.45, 2.75) is 31.6 Å². The molecule has 0 amide bonds. The molecule has 0 aliphatic carbocycles. The van der Waals surface area contributed by atoms with Gasteiger partial charge in [0.25, 0.3) is 0 Å². The highest BCUT2D eigenvalue weighted by atomic mass is 32.2. The van der Waals surface area contributed by atoms with E-state index in [0.29, 0.717) is 6.42 Å². The van der Waals surface area contributed by atoms with Crippen LogP contribution in [0.15, 0.2) is 0 Å². The van der Waals surface area contributed by atoms with Gasteiger partial charge >= 0.3 is 0 Å². The molecular weight excluding hydrogens is 176 g/mol. The largest absolute Gasteiger partial charge is 0.327 e. The molecule has 0 aromatic heterocycles. The van der Waals surface area contributed by atoms with Crippen LogP contribution in [0.3, 0.4) is 0 Å². The van der Waals surface area contributed by atoms with E-state index < -0.39 is 15.1 Å². The molecule has 2 N–H and O–H groups in total. The van der Waals surface area contributed by atoms with Crippen molar-refractivity contribution in [1.82, 2.24) is 0 Å². The minimum atomic E-state index is -3.31. The molecule has 0 saturated heterocycles. The third kappa shape index (κ3) is 3.20. The molecule has 0 bridgehead atoms. The highest BCUT2D eigenvalue weighted by Crippen LogP contribution is 2.03. The molecule has 0 heterocycles. The molecule has 0 aliphatic rings. The molecule has 2 unspecified atom stereocenters. The molecule has 2 atom stereocenters. The van der Waals surface area contributed by atoms with Gasteiger partial charge in [0.05, 0.1) is 11.8 Å². The van der Waals surface area contributed by atoms with E-state index in [1.807, 2.05) is 6.92 Å². The minimum absolute atomic E-state index is 0.0990. The normalized spacial score (nSPS) is 16.5. The van der Waals surface area contributed by atoms with Crippen LogP contribution in [0.2, 0.25) is 0 Å². The molecule has 0 spiro atoms. The molecule has 70 valence electrons. The van der Waals surface area contributed by atoms with E-state index in [9.17, 15) is 8.42 Å². The van der Waals surface area contributed by atoms with E-state index >= 15 is 0 Å². The third-order valence-electron chi connectivity index (χ3n) is 1.69. The Morgan fingerprint density at radius 3 is 2.42 bits per heavy atom. The lowest BCUT2D eigenvalue weighted by molar-refractivity contribution is 0.580. The van der Waals surface area contributed by atoms with Crippen LogP contribution < -0.4 is 5.73 Å². The minimum Gasteiger partial charge on any atom is -0.327 e. The van der Waals surface area contributed by atoms with Crippen molar-refractivity contribution in [2.75, 3.05) is 5.75 Å². The summed E-state index contributed by atoms with van der Waals surface area (Å²) in [5, 5.41) is 7.44. The topological polar surface area (TPSA) is 84.0 Å². The second kappa shape index (κ2) is 4.43. The second-order valence-corrected chi connectivity index (χ2v) is 5.14. The van der Waals surface area contributed by atoms with Gasteiger partial charge in [-0.2, -0.15) is 5.26 Å². The van der Waals surface area contributed by atoms with E-state index in [-0.39, 0.29) is 11.8 Å². The highest BCUT2D eigenvalue weighted by molar-refractivity contribution is 7.92. The Morgan fingerprint density at radius 2 is 2.08 bits per heavy atom. The molecule has 0 aromatic rings. The van der Waals surface area contributed by atoms with Crippen LogP contribution in [0.5, 0.6) is 0 Å². The summed E-state index contributed by atoms with van der Waals surface area (Å²) in [6.07, 6.45) is 0.609. The Kier molecular flexibility index (Phi) is 4.21. The highest BCUT2D eigenvalue weighted by Gasteiger charge is 2.22. The molecule has 4 nitrogen and oxygen atoms in total. The van der Waals surface area contributed by atoms with E-state index in [1.165, 1.54) is 6.92 Å². The van der Waals surface area contributed by atoms with Crippen molar-refractivity contribution in [3.05, 3.63) is 0 Å². The zero-order chi connectivity index (χ0) is 9.78. The third-order valence-corrected chi connectivity index (χ3v) is 3.77. The van der Waals surface area contributed by atoms with E-state index in [0.717, 1.165) is 0 Å². The van der Waals surface area contributed by atoms with Crippen LogP contribution in [-0.2, 0) is 9.84 Å². The van der Waals surface area contributed by atoms with Crippen molar-refractivity contribution in [1.29, 1.82) is 5.26 Å². The predicted octanol–water partition coefficient (Wildman–Crippen LogP) is 0.0506. The van der Waals surface area contributed by atoms with E-state index in [4.69, 9.17) is 11.0 Å². The summed E-state index contributed by atoms with van der Waals surface area (Å²) in [5.74, 6) is -0.0990. The van der Waals surface area contributed by atoms with E-state index in [2.05, 4.69) is 0 Å². The molecule has 0 saturated carbocycles. The Balaban J connectivity index is 4.36. The van der Waals surface area contributed by atoms with Crippen LogP contribution in [0.1, 0.15) is 20.3 Å². The Hall–Kier alpha value is -0.600. The van der Waals surface area contributed by atoms with Crippen molar-refractivity contribution >= 4 is 9.84 Å². The second-order valence-electron chi connectivity index (χ2n) is 2.77. The maximum absolute atomic E-state index is 11.2. The predicted molar refractivity (Wildman–Crippen MR) is 47.1 cm³/mol. The lowest BCUT2D eigenvalue weighted by atomic mass is 10.3. The van der Waals surface area contributed by atoms with Crippen LogP contribution in [0.4, 0.5) is 0 Å². The smallest absolute Gasteiger partial charge is 0.167 e. The average Bonchev–Trinajstić information content (AvgIpc) is 2.02. The molecule has 5 heteroatoms. The molecule has 12 heavy (non-hydrogen) atoms. The fourth-order valence-corrected chi connectivity index (χ4v) is 1.92. The van der Waals surface area contributed by atoms with Gasteiger partial charge < -0.3 is 5.73 Å². The van der Waals surface area contributed by atoms with Crippen molar-refractivity contribution in [2.24, 2.45) is 5.73 Å². The number of nitriles is 1. The monoisotopic (exact) mass is 190 g/mol. The van der Waals surface area contributed by atoms with Gasteiger partial charge in [0.15, 0.2) is 9.84 Å². The summed E-state index contributed by atoms with van der Waals surface area (Å²) in [4.78, 5) is 0. The Bertz CT molecular complexity index is 266. The number of nitrogens with two attached hydrogens (primary N) is 1. The Labute approximate surface area is 73.3 Å². The Morgan fingerprint density at radius 1 is 1.58 bits per heavy atom. The summed E-state index contributed by atoms with van der Waals surface area (Å²) in [6, 6.07) is 1.34. The van der Waals surface area contributed by atoms with Crippen LogP contribution in [-0.4, -0.2) is 25.5 Å². The van der Waals surface area contributed by atoms with Gasteiger partial charge in [-0.05, 0) is 13.3 Å². The SMILES string of the molecule is CCC(N)CS(=O)(=O)C(C)C#N. The summed E-state index contributed by atoms with van der Waals surface area (Å²) in [7, 11) is -3.31. The van der Waals surface area contributed by atoms with Gasteiger partial charge in [0.2, 0.25) is 0 Å². The van der Waals surface area contributed by atoms with Gasteiger partial charge in [-0.25, -0.2) is 8.42 Å². The standard InChI is InChI=1S/C7H14N2O2S/c1-3-7(9)5-12(10,11)6(2)4-8/h6-7H,3,5,9H2,1-2H3. The maximum Gasteiger partial charge on any atom is 0.167 e. The van der Waals surface area contributed by atoms with Gasteiger partial charge in [-0.1, -0.05) is 6.92 Å². The number of sulfone groups is 1. The van der Waals surface area contributed by atoms with Crippen molar-refractivity contribution in [3.8, 4) is 6.07 Å². The fraction of sp³-hybridized carbons (Fsp3) is 0.857. The van der Waals surface area contributed by atoms with Crippen LogP contribution in [0, 0.1) is 11.3 Å². The summed E-state index contributed by atoms with van der Waals surface area (Å²) in [5.41, 5.74) is 5.46. The first-order chi connectivity index (χ1) is 5.44. The summed E-state index contributed by atoms with van der Waals surface area (Å²) >= 11 is 0. The number of hydrogen-bond acceptors (Lipinski definition) is 4. The average molecular weight is 190 g/mol. The maximum atomic E-state index is 11.2. The first-order valence-electron chi connectivity index (χ1n) is 3.80. The summed E-state index contributed by atoms with van der Waals surface area (Å²) in [6.45, 7) is 3.19. The van der Waals surface area contributed by atoms with Gasteiger partial charge in [0, 0.05) is 6.04 Å². The number of hydrogen-bond donors (Lipinski definition) is 1. The number of rotatable bonds is 4. The van der Waals surface area contributed by atoms with E-state index in [1.54, 1.807) is 6.07 Å². The zero-order valence-electron chi connectivity index (χ0n) is 7.32. The van der Waals surface area contributed by atoms with Crippen molar-refractivity contribution < 1.29 is 8.42 Å².